The first-order valence-corrected chi connectivity index (χ1v) is 33.3. The van der Waals surface area contributed by atoms with E-state index >= 15 is 0 Å². The molecular weight excluding hydrogens is 1230 g/mol. The van der Waals surface area contributed by atoms with E-state index in [4.69, 9.17) is 19.9 Å². The number of hydrogen-bond acceptors (Lipinski definition) is 16. The maximum Gasteiger partial charge on any atom is 0.410 e. The zero-order chi connectivity index (χ0) is 71.5. The van der Waals surface area contributed by atoms with Crippen molar-refractivity contribution >= 4 is 77.3 Å². The van der Waals surface area contributed by atoms with Gasteiger partial charge in [-0.3, -0.25) is 38.5 Å². The topological polar surface area (TPSA) is 347 Å². The highest BCUT2D eigenvalue weighted by atomic mass is 16.6. The Balaban J connectivity index is 1.38. The minimum atomic E-state index is -1.10. The number of likely N-dealkylation sites (N-methyl/N-ethyl adjacent to an activating group) is 2. The van der Waals surface area contributed by atoms with Gasteiger partial charge in [-0.15, -0.1) is 0 Å². The van der Waals surface area contributed by atoms with Crippen molar-refractivity contribution in [3.05, 3.63) is 96.3 Å². The van der Waals surface area contributed by atoms with Gasteiger partial charge in [-0.2, -0.15) is 0 Å². The molecule has 0 aliphatic carbocycles. The lowest BCUT2D eigenvalue weighted by atomic mass is 9.89. The molecule has 1 aliphatic heterocycles. The number of carbonyl (C=O) groups excluding carboxylic acids is 9. The summed E-state index contributed by atoms with van der Waals surface area (Å²) in [6.45, 7) is 26.3. The molecule has 1 aliphatic rings. The molecule has 2 aromatic carbocycles. The number of aliphatic hydroxyl groups is 1. The average Bonchev–Trinajstić information content (AvgIpc) is 1.63. The second-order valence-electron chi connectivity index (χ2n) is 25.8. The Morgan fingerprint density at radius 1 is 0.750 bits per heavy atom. The molecule has 3 aromatic rings. The molecule has 0 spiro atoms. The molecule has 12 atom stereocenters. The number of aromatic nitrogens is 2. The number of aliphatic hydroxyl groups excluding tert-OH is 1. The number of carbonyl (C=O) groups is 9. The zero-order valence-corrected chi connectivity index (χ0v) is 58.6. The molecule has 1 saturated heterocycles. The van der Waals surface area contributed by atoms with Crippen LogP contribution in [0.2, 0.25) is 0 Å². The van der Waals surface area contributed by atoms with Gasteiger partial charge in [-0.1, -0.05) is 124 Å². The molecule has 4 rings (SSSR count). The number of benzene rings is 2. The van der Waals surface area contributed by atoms with Gasteiger partial charge in [0.2, 0.25) is 47.3 Å². The summed E-state index contributed by atoms with van der Waals surface area (Å²) in [5.41, 5.74) is 8.03. The first-order chi connectivity index (χ1) is 45.5. The molecule has 0 unspecified atom stereocenters. The van der Waals surface area contributed by atoms with Gasteiger partial charge in [0.25, 0.3) is 0 Å². The molecule has 0 bridgehead atoms. The third kappa shape index (κ3) is 23.7. The van der Waals surface area contributed by atoms with Crippen molar-refractivity contribution in [3.8, 4) is 0 Å². The number of nitrogens with one attached hydrogen (secondary N) is 7. The number of nitrogens with two attached hydrogens (primary N) is 1. The Hall–Kier alpha value is -8.49. The molecule has 26 nitrogen and oxygen atoms in total. The second kappa shape index (κ2) is 39.5. The van der Waals surface area contributed by atoms with Crippen LogP contribution < -0.4 is 43.0 Å². The third-order valence-electron chi connectivity index (χ3n) is 17.6. The molecule has 2 heterocycles. The van der Waals surface area contributed by atoms with E-state index in [-0.39, 0.29) is 68.4 Å². The molecule has 530 valence electrons. The van der Waals surface area contributed by atoms with Crippen molar-refractivity contribution in [2.75, 3.05) is 58.6 Å². The molecule has 10 N–H and O–H groups in total. The van der Waals surface area contributed by atoms with E-state index in [1.807, 2.05) is 32.0 Å². The van der Waals surface area contributed by atoms with Crippen molar-refractivity contribution in [3.63, 3.8) is 0 Å². The van der Waals surface area contributed by atoms with Crippen LogP contribution in [0, 0.1) is 29.6 Å². The normalized spacial score (nSPS) is 16.4. The lowest BCUT2D eigenvalue weighted by Crippen LogP contribution is -2.60. The van der Waals surface area contributed by atoms with Crippen LogP contribution in [0.15, 0.2) is 73.8 Å². The van der Waals surface area contributed by atoms with Crippen LogP contribution in [0.4, 0.5) is 21.2 Å². The molecule has 0 saturated carbocycles. The monoisotopic (exact) mass is 1340 g/mol. The van der Waals surface area contributed by atoms with E-state index in [0.717, 1.165) is 0 Å². The number of likely N-dealkylation sites (tertiary alicyclic amines) is 1. The van der Waals surface area contributed by atoms with Crippen molar-refractivity contribution in [2.24, 2.45) is 35.3 Å². The summed E-state index contributed by atoms with van der Waals surface area (Å²) < 4.78 is 17.8. The molecule has 26 heteroatoms. The largest absolute Gasteiger partial charge is 0.445 e. The number of primary amides is 1. The Morgan fingerprint density at radius 2 is 1.39 bits per heavy atom. The number of urea groups is 1. The van der Waals surface area contributed by atoms with Crippen molar-refractivity contribution < 1.29 is 62.5 Å². The number of nitrogens with zero attached hydrogens (tertiary/aromatic N) is 5. The Bertz CT molecular complexity index is 3040. The fourth-order valence-corrected chi connectivity index (χ4v) is 11.9. The summed E-state index contributed by atoms with van der Waals surface area (Å²) in [6.07, 6.45) is 2.61. The smallest absolute Gasteiger partial charge is 0.410 e. The third-order valence-corrected chi connectivity index (χ3v) is 17.6. The van der Waals surface area contributed by atoms with Gasteiger partial charge in [-0.05, 0) is 104 Å². The highest BCUT2D eigenvalue weighted by Gasteiger charge is 2.44. The summed E-state index contributed by atoms with van der Waals surface area (Å²) in [5, 5.41) is 30.8. The Kier molecular flexibility index (Phi) is 32.9. The van der Waals surface area contributed by atoms with Crippen molar-refractivity contribution in [1.29, 1.82) is 0 Å². The molecule has 96 heavy (non-hydrogen) atoms. The SMILES string of the molecule is C=Cc1cc(C=C)nc(NCCCC(=O)N[C@H](C(=O)N[C@@H](CCCNC(N)=O)C(=O)Nc2ccc(COC(=O)N(C)[C@H](C(=O)N[C@H](C(=O)N(C)[C@@H]([C@@H](C)CC)[C@@H](CC(=O)N3CCC[C@H]3[C@H](OC)[C@@H](C)C(=O)N[C@H](C)[C@@H](O)c3ccccc3)OC)C(C)C)C(C)C)cc2)C(C)C)n1. The number of anilines is 2. The van der Waals surface area contributed by atoms with Gasteiger partial charge >= 0.3 is 12.1 Å². The van der Waals surface area contributed by atoms with Crippen LogP contribution in [-0.4, -0.2) is 186 Å². The molecular formula is C70H107N13O13. The van der Waals surface area contributed by atoms with E-state index in [2.05, 4.69) is 60.3 Å². The standard InChI is InChI=1S/C70H107N13O13/c1-17-44(10)60(54(94-15)39-56(85)83-37-25-29-53(83)62(95-16)45(11)63(87)74-46(12)61(86)48-26-21-20-22-27-48)81(13)67(91)58(42(6)7)80-66(90)59(43(8)9)82(14)70(93)96-40-47-31-33-51(34-32-47)75-64(88)52(28-23-35-72-68(71)92)78-65(89)57(41(4)5)79-55(84)30-24-36-73-69-76-49(18-2)38-50(19-3)77-69/h18-22,26-27,31-34,38,41-46,52-54,57-62,86H,2-3,17,23-25,28-30,35-37,39-40H2,1,4-16H3,(H,74,87)(H,75,88)(H,78,89)(H,79,84)(H,80,90)(H3,71,72,92)(H,73,76,77)/t44-,45+,46+,52-,53-,54+,57-,58-,59-,60-,61+,62+/m0/s1. The van der Waals surface area contributed by atoms with Gasteiger partial charge in [0.15, 0.2) is 0 Å². The maximum atomic E-state index is 14.8. The first kappa shape index (κ1) is 79.9. The highest BCUT2D eigenvalue weighted by Crippen LogP contribution is 2.31. The van der Waals surface area contributed by atoms with Gasteiger partial charge in [0.05, 0.1) is 60.2 Å². The van der Waals surface area contributed by atoms with Crippen LogP contribution in [0.3, 0.4) is 0 Å². The molecule has 1 fully saturated rings. The van der Waals surface area contributed by atoms with E-state index in [9.17, 15) is 48.3 Å². The molecule has 1 aromatic heterocycles. The average molecular weight is 1340 g/mol. The Morgan fingerprint density at radius 3 is 1.95 bits per heavy atom. The number of rotatable bonds is 39. The van der Waals surface area contributed by atoms with E-state index in [0.29, 0.717) is 72.9 Å². The van der Waals surface area contributed by atoms with Gasteiger partial charge < -0.3 is 72.1 Å². The van der Waals surface area contributed by atoms with Crippen molar-refractivity contribution in [1.82, 2.24) is 51.3 Å². The van der Waals surface area contributed by atoms with Gasteiger partial charge in [0, 0.05) is 60.1 Å². The quantitative estimate of drug-likeness (QED) is 0.0273. The number of hydrogen-bond donors (Lipinski definition) is 9. The fraction of sp³-hybridized carbons (Fsp3) is 0.586. The molecule has 0 radical (unpaired) electrons. The zero-order valence-electron chi connectivity index (χ0n) is 58.6. The Labute approximate surface area is 566 Å². The molecule has 10 amide bonds. The van der Waals surface area contributed by atoms with E-state index in [1.54, 1.807) is 127 Å². The summed E-state index contributed by atoms with van der Waals surface area (Å²) in [7, 11) is 6.10. The van der Waals surface area contributed by atoms with E-state index < -0.39 is 114 Å². The highest BCUT2D eigenvalue weighted by molar-refractivity contribution is 5.98. The van der Waals surface area contributed by atoms with Crippen LogP contribution >= 0.6 is 0 Å². The lowest BCUT2D eigenvalue weighted by Gasteiger charge is -2.41. The van der Waals surface area contributed by atoms with Gasteiger partial charge in [0.1, 0.15) is 30.8 Å². The van der Waals surface area contributed by atoms with Crippen LogP contribution in [-0.2, 0) is 54.4 Å². The maximum absolute atomic E-state index is 14.8. The number of amides is 10. The van der Waals surface area contributed by atoms with Crippen molar-refractivity contribution in [2.45, 2.75) is 188 Å². The first-order valence-electron chi connectivity index (χ1n) is 33.3. The minimum absolute atomic E-state index is 0.0743. The van der Waals surface area contributed by atoms with E-state index in [1.165, 1.54) is 26.2 Å². The predicted octanol–water partition coefficient (Wildman–Crippen LogP) is 6.56. The fourth-order valence-electron chi connectivity index (χ4n) is 11.9. The minimum Gasteiger partial charge on any atom is -0.445 e. The lowest BCUT2D eigenvalue weighted by molar-refractivity contribution is -0.148. The summed E-state index contributed by atoms with van der Waals surface area (Å²) in [6, 6.07) is 10.6. The van der Waals surface area contributed by atoms with Crippen LogP contribution in [0.1, 0.15) is 149 Å². The summed E-state index contributed by atoms with van der Waals surface area (Å²) >= 11 is 0. The second-order valence-corrected chi connectivity index (χ2v) is 25.8. The van der Waals surface area contributed by atoms with Crippen LogP contribution in [0.5, 0.6) is 0 Å². The number of methoxy groups -OCH3 is 2. The summed E-state index contributed by atoms with van der Waals surface area (Å²) in [4.78, 5) is 137. The van der Waals surface area contributed by atoms with Crippen LogP contribution in [0.25, 0.3) is 12.2 Å². The number of ether oxygens (including phenoxy) is 3. The summed E-state index contributed by atoms with van der Waals surface area (Å²) in [5.74, 6) is -4.84. The van der Waals surface area contributed by atoms with Gasteiger partial charge in [-0.25, -0.2) is 19.6 Å². The predicted molar refractivity (Wildman–Crippen MR) is 369 cm³/mol.